The summed E-state index contributed by atoms with van der Waals surface area (Å²) >= 11 is 0. The van der Waals surface area contributed by atoms with E-state index in [1.165, 1.54) is 5.56 Å². The van der Waals surface area contributed by atoms with Crippen molar-refractivity contribution in [3.05, 3.63) is 70.5 Å². The average Bonchev–Trinajstić information content (AvgIpc) is 2.82. The molecule has 0 radical (unpaired) electrons. The topological polar surface area (TPSA) is 67.2 Å². The second-order valence-electron chi connectivity index (χ2n) is 8.29. The van der Waals surface area contributed by atoms with Crippen LogP contribution in [0.5, 0.6) is 0 Å². The number of rotatable bonds is 6. The summed E-state index contributed by atoms with van der Waals surface area (Å²) in [5, 5.41) is 3.12. The fraction of sp³-hybridized carbons (Fsp3) is 0.400. The Kier molecular flexibility index (Phi) is 6.35. The molecule has 1 amide bonds. The van der Waals surface area contributed by atoms with Crippen molar-refractivity contribution < 1.29 is 4.79 Å². The van der Waals surface area contributed by atoms with Crippen LogP contribution in [0.1, 0.15) is 38.2 Å². The number of nitrogens with one attached hydrogen (secondary N) is 1. The zero-order valence-electron chi connectivity index (χ0n) is 18.3. The molecule has 1 aliphatic heterocycles. The lowest BCUT2D eigenvalue weighted by Gasteiger charge is -2.32. The summed E-state index contributed by atoms with van der Waals surface area (Å²) < 4.78 is 1.78. The van der Waals surface area contributed by atoms with Crippen LogP contribution < -0.4 is 15.8 Å². The van der Waals surface area contributed by atoms with Crippen molar-refractivity contribution in [1.82, 2.24) is 14.9 Å². The van der Waals surface area contributed by atoms with Crippen LogP contribution in [-0.2, 0) is 11.3 Å². The third kappa shape index (κ3) is 4.48. The fourth-order valence-corrected chi connectivity index (χ4v) is 4.35. The smallest absolute Gasteiger partial charge is 0.293 e. The van der Waals surface area contributed by atoms with Crippen LogP contribution >= 0.6 is 0 Å². The lowest BCUT2D eigenvalue weighted by Crippen LogP contribution is -2.43. The number of aryl methyl sites for hydroxylation is 1. The van der Waals surface area contributed by atoms with Gasteiger partial charge in [-0.15, -0.1) is 0 Å². The third-order valence-electron chi connectivity index (χ3n) is 6.27. The van der Waals surface area contributed by atoms with Crippen molar-refractivity contribution in [2.75, 3.05) is 24.5 Å². The first-order valence-electron chi connectivity index (χ1n) is 11.2. The molecule has 0 aliphatic carbocycles. The van der Waals surface area contributed by atoms with Crippen LogP contribution in [0.25, 0.3) is 11.0 Å². The van der Waals surface area contributed by atoms with Gasteiger partial charge < -0.3 is 14.8 Å². The SMILES string of the molecule is CCn1c(=O)c(N2CCC(C(=O)NC[C@@H](C)c3ccccc3)CC2)nc2ccccc21. The molecule has 0 saturated carbocycles. The van der Waals surface area contributed by atoms with E-state index in [9.17, 15) is 9.59 Å². The molecule has 4 rings (SSSR count). The number of carbonyl (C=O) groups is 1. The van der Waals surface area contributed by atoms with Gasteiger partial charge in [0.05, 0.1) is 11.0 Å². The van der Waals surface area contributed by atoms with Gasteiger partial charge in [0.1, 0.15) is 0 Å². The normalized spacial score (nSPS) is 15.7. The summed E-state index contributed by atoms with van der Waals surface area (Å²) in [6.45, 7) is 6.67. The highest BCUT2D eigenvalue weighted by Gasteiger charge is 2.27. The fourth-order valence-electron chi connectivity index (χ4n) is 4.35. The molecule has 3 aromatic rings. The van der Waals surface area contributed by atoms with Gasteiger partial charge in [-0.05, 0) is 43.4 Å². The minimum absolute atomic E-state index is 0.0203. The van der Waals surface area contributed by atoms with E-state index in [0.717, 1.165) is 23.9 Å². The molecule has 6 nitrogen and oxygen atoms in total. The molecule has 0 unspecified atom stereocenters. The maximum absolute atomic E-state index is 13.0. The number of piperidine rings is 1. The average molecular weight is 419 g/mol. The van der Waals surface area contributed by atoms with Gasteiger partial charge in [-0.3, -0.25) is 9.59 Å². The Morgan fingerprint density at radius 3 is 2.48 bits per heavy atom. The van der Waals surface area contributed by atoms with E-state index in [1.54, 1.807) is 4.57 Å². The maximum atomic E-state index is 13.0. The Morgan fingerprint density at radius 2 is 1.77 bits per heavy atom. The number of carbonyl (C=O) groups excluding carboxylic acids is 1. The number of aromatic nitrogens is 2. The highest BCUT2D eigenvalue weighted by atomic mass is 16.2. The molecule has 6 heteroatoms. The number of nitrogens with zero attached hydrogens (tertiary/aromatic N) is 3. The second-order valence-corrected chi connectivity index (χ2v) is 8.29. The van der Waals surface area contributed by atoms with E-state index >= 15 is 0 Å². The predicted molar refractivity (Wildman–Crippen MR) is 124 cm³/mol. The zero-order valence-corrected chi connectivity index (χ0v) is 18.3. The minimum Gasteiger partial charge on any atom is -0.355 e. The predicted octanol–water partition coefficient (Wildman–Crippen LogP) is 3.55. The molecule has 1 N–H and O–H groups in total. The first-order valence-corrected chi connectivity index (χ1v) is 11.2. The molecule has 0 bridgehead atoms. The van der Waals surface area contributed by atoms with Crippen LogP contribution in [0.15, 0.2) is 59.4 Å². The summed E-state index contributed by atoms with van der Waals surface area (Å²) in [4.78, 5) is 32.4. The number of fused-ring (bicyclic) bond motifs is 1. The molecule has 2 heterocycles. The van der Waals surface area contributed by atoms with Crippen LogP contribution in [-0.4, -0.2) is 35.1 Å². The van der Waals surface area contributed by atoms with Gasteiger partial charge in [0, 0.05) is 32.1 Å². The Labute approximate surface area is 182 Å². The van der Waals surface area contributed by atoms with E-state index < -0.39 is 0 Å². The molecule has 1 atom stereocenters. The number of hydrogen-bond donors (Lipinski definition) is 1. The Hall–Kier alpha value is -3.15. The molecule has 162 valence electrons. The van der Waals surface area contributed by atoms with Gasteiger partial charge in [0.15, 0.2) is 5.82 Å². The van der Waals surface area contributed by atoms with E-state index in [-0.39, 0.29) is 23.3 Å². The van der Waals surface area contributed by atoms with Crippen molar-refractivity contribution in [3.8, 4) is 0 Å². The third-order valence-corrected chi connectivity index (χ3v) is 6.27. The summed E-state index contributed by atoms with van der Waals surface area (Å²) in [5.74, 6) is 0.865. The van der Waals surface area contributed by atoms with Crippen molar-refractivity contribution in [3.63, 3.8) is 0 Å². The summed E-state index contributed by atoms with van der Waals surface area (Å²) in [6, 6.07) is 18.0. The Balaban J connectivity index is 1.39. The lowest BCUT2D eigenvalue weighted by atomic mass is 9.95. The number of hydrogen-bond acceptors (Lipinski definition) is 4. The molecule has 0 spiro atoms. The van der Waals surface area contributed by atoms with Gasteiger partial charge in [-0.2, -0.15) is 0 Å². The van der Waals surface area contributed by atoms with Crippen LogP contribution in [0, 0.1) is 5.92 Å². The zero-order chi connectivity index (χ0) is 21.8. The summed E-state index contributed by atoms with van der Waals surface area (Å²) in [6.07, 6.45) is 1.46. The van der Waals surface area contributed by atoms with Gasteiger partial charge in [0.2, 0.25) is 5.91 Å². The van der Waals surface area contributed by atoms with Gasteiger partial charge in [-0.25, -0.2) is 4.98 Å². The summed E-state index contributed by atoms with van der Waals surface area (Å²) in [5.41, 5.74) is 2.86. The number of amides is 1. The van der Waals surface area contributed by atoms with Crippen molar-refractivity contribution in [2.24, 2.45) is 5.92 Å². The first kappa shape index (κ1) is 21.1. The minimum atomic E-state index is -0.0548. The van der Waals surface area contributed by atoms with E-state index in [4.69, 9.17) is 0 Å². The Bertz CT molecular complexity index is 1100. The monoisotopic (exact) mass is 418 g/mol. The van der Waals surface area contributed by atoms with Crippen LogP contribution in [0.3, 0.4) is 0 Å². The van der Waals surface area contributed by atoms with Gasteiger partial charge in [-0.1, -0.05) is 49.4 Å². The highest BCUT2D eigenvalue weighted by molar-refractivity contribution is 5.79. The molecule has 2 aromatic carbocycles. The largest absolute Gasteiger partial charge is 0.355 e. The molecule has 1 saturated heterocycles. The number of para-hydroxylation sites is 2. The number of anilines is 1. The molecule has 1 aromatic heterocycles. The number of benzene rings is 2. The van der Waals surface area contributed by atoms with Gasteiger partial charge in [0.25, 0.3) is 5.56 Å². The van der Waals surface area contributed by atoms with Crippen molar-refractivity contribution in [2.45, 2.75) is 39.2 Å². The molecule has 31 heavy (non-hydrogen) atoms. The lowest BCUT2D eigenvalue weighted by molar-refractivity contribution is -0.125. The first-order chi connectivity index (χ1) is 15.1. The molecular weight excluding hydrogens is 388 g/mol. The second kappa shape index (κ2) is 9.33. The Morgan fingerprint density at radius 1 is 1.10 bits per heavy atom. The molecular formula is C25H30N4O2. The van der Waals surface area contributed by atoms with Gasteiger partial charge >= 0.3 is 0 Å². The van der Waals surface area contributed by atoms with Crippen LogP contribution in [0.4, 0.5) is 5.82 Å². The molecule has 1 fully saturated rings. The molecule has 1 aliphatic rings. The van der Waals surface area contributed by atoms with E-state index in [0.29, 0.717) is 32.0 Å². The summed E-state index contributed by atoms with van der Waals surface area (Å²) in [7, 11) is 0. The standard InChI is InChI=1S/C25H30N4O2/c1-3-29-22-12-8-7-11-21(22)27-23(25(29)31)28-15-13-20(14-16-28)24(30)26-17-18(2)19-9-5-4-6-10-19/h4-12,18,20H,3,13-17H2,1-2H3,(H,26,30)/t18-/m1/s1. The highest BCUT2D eigenvalue weighted by Crippen LogP contribution is 2.22. The van der Waals surface area contributed by atoms with E-state index in [1.807, 2.05) is 54.3 Å². The maximum Gasteiger partial charge on any atom is 0.293 e. The van der Waals surface area contributed by atoms with Crippen LogP contribution in [0.2, 0.25) is 0 Å². The van der Waals surface area contributed by atoms with E-state index in [2.05, 4.69) is 29.4 Å². The van der Waals surface area contributed by atoms with Crippen molar-refractivity contribution >= 4 is 22.8 Å². The quantitative estimate of drug-likeness (QED) is 0.665. The van der Waals surface area contributed by atoms with Crippen molar-refractivity contribution in [1.29, 1.82) is 0 Å².